The molecule has 0 bridgehead atoms. The van der Waals surface area contributed by atoms with Crippen LogP contribution in [0.1, 0.15) is 28.9 Å². The van der Waals surface area contributed by atoms with E-state index >= 15 is 0 Å². The largest absolute Gasteiger partial charge is 0.457 e. The molecular formula is C20H21F3N2O5. The summed E-state index contributed by atoms with van der Waals surface area (Å²) in [5.41, 5.74) is 1.97. The number of nitrogens with zero attached hydrogens (tertiary/aromatic N) is 1. The predicted octanol–water partition coefficient (Wildman–Crippen LogP) is 3.61. The van der Waals surface area contributed by atoms with Crippen molar-refractivity contribution in [3.05, 3.63) is 35.5 Å². The highest BCUT2D eigenvalue weighted by Gasteiger charge is 2.33. The lowest BCUT2D eigenvalue weighted by molar-refractivity contribution is -0.162. The number of hydrogen-bond donors (Lipinski definition) is 1. The van der Waals surface area contributed by atoms with Gasteiger partial charge < -0.3 is 19.4 Å². The Hall–Kier alpha value is -3.04. The lowest BCUT2D eigenvalue weighted by Crippen LogP contribution is -2.42. The molecule has 0 aliphatic carbocycles. The predicted molar refractivity (Wildman–Crippen MR) is 100 cm³/mol. The van der Waals surface area contributed by atoms with Gasteiger partial charge in [-0.25, -0.2) is 4.79 Å². The number of Topliss-reactive ketones (excluding diaryl/α,β-unsaturated/α-hetero) is 1. The number of likely N-dealkylation sites (tertiary alicyclic amines) is 1. The summed E-state index contributed by atoms with van der Waals surface area (Å²) in [5, 5.41) is 0.752. The Morgan fingerprint density at radius 2 is 1.80 bits per heavy atom. The topological polar surface area (TPSA) is 88.7 Å². The molecule has 30 heavy (non-hydrogen) atoms. The Kier molecular flexibility index (Phi) is 6.33. The number of alkyl halides is 3. The molecule has 1 saturated heterocycles. The number of carbonyl (C=O) groups excluding carboxylic acids is 3. The first-order chi connectivity index (χ1) is 14.2. The fraction of sp³-hybridized carbons (Fsp3) is 0.450. The molecule has 1 fully saturated rings. The molecule has 3 rings (SSSR count). The van der Waals surface area contributed by atoms with Gasteiger partial charge in [-0.3, -0.25) is 9.59 Å². The molecule has 1 aromatic heterocycles. The number of aryl methyl sites for hydroxylation is 1. The van der Waals surface area contributed by atoms with Gasteiger partial charge in [0.15, 0.2) is 13.2 Å². The number of carbonyl (C=O) groups is 3. The number of ether oxygens (including phenoxy) is 2. The van der Waals surface area contributed by atoms with Gasteiger partial charge in [0.2, 0.25) is 5.78 Å². The number of amides is 1. The highest BCUT2D eigenvalue weighted by atomic mass is 19.4. The first-order valence-corrected chi connectivity index (χ1v) is 9.41. The third kappa shape index (κ3) is 5.11. The first kappa shape index (κ1) is 21.7. The summed E-state index contributed by atoms with van der Waals surface area (Å²) in [7, 11) is 0. The normalized spacial score (nSPS) is 15.3. The van der Waals surface area contributed by atoms with E-state index in [0.717, 1.165) is 15.8 Å². The number of para-hydroxylation sites is 1. The number of ketones is 1. The monoisotopic (exact) mass is 426 g/mol. The number of piperidine rings is 1. The number of nitrogens with one attached hydrogen (secondary N) is 1. The van der Waals surface area contributed by atoms with Crippen molar-refractivity contribution in [3.63, 3.8) is 0 Å². The second kappa shape index (κ2) is 8.76. The second-order valence-electron chi connectivity index (χ2n) is 7.13. The van der Waals surface area contributed by atoms with Gasteiger partial charge in [0.1, 0.15) is 0 Å². The van der Waals surface area contributed by atoms with E-state index in [1.165, 1.54) is 0 Å². The molecule has 7 nitrogen and oxygen atoms in total. The maximum Gasteiger partial charge on any atom is 0.422 e. The summed E-state index contributed by atoms with van der Waals surface area (Å²) < 4.78 is 45.8. The van der Waals surface area contributed by atoms with Crippen molar-refractivity contribution < 1.29 is 37.0 Å². The van der Waals surface area contributed by atoms with Crippen LogP contribution in [0.2, 0.25) is 0 Å². The van der Waals surface area contributed by atoms with Crippen LogP contribution in [0.15, 0.2) is 24.3 Å². The number of H-pyrrole nitrogens is 1. The first-order valence-electron chi connectivity index (χ1n) is 9.41. The Morgan fingerprint density at radius 1 is 1.13 bits per heavy atom. The van der Waals surface area contributed by atoms with Crippen LogP contribution in [0.5, 0.6) is 0 Å². The number of aromatic nitrogens is 1. The molecule has 0 spiro atoms. The number of aromatic amines is 1. The Balaban J connectivity index is 1.49. The quantitative estimate of drug-likeness (QED) is 0.583. The van der Waals surface area contributed by atoms with Crippen LogP contribution in [0.4, 0.5) is 18.0 Å². The van der Waals surface area contributed by atoms with Crippen molar-refractivity contribution in [2.45, 2.75) is 25.9 Å². The molecule has 0 saturated carbocycles. The van der Waals surface area contributed by atoms with Crippen molar-refractivity contribution in [2.75, 3.05) is 26.3 Å². The van der Waals surface area contributed by atoms with Crippen LogP contribution >= 0.6 is 0 Å². The van der Waals surface area contributed by atoms with E-state index < -0.39 is 37.4 Å². The minimum absolute atomic E-state index is 0.0754. The summed E-state index contributed by atoms with van der Waals surface area (Å²) in [6.45, 7) is -0.140. The zero-order valence-electron chi connectivity index (χ0n) is 16.3. The molecule has 0 atom stereocenters. The van der Waals surface area contributed by atoms with E-state index in [9.17, 15) is 27.6 Å². The van der Waals surface area contributed by atoms with Crippen LogP contribution in [0, 0.1) is 12.8 Å². The van der Waals surface area contributed by atoms with Gasteiger partial charge >= 0.3 is 18.2 Å². The van der Waals surface area contributed by atoms with Crippen molar-refractivity contribution >= 4 is 28.7 Å². The Labute approximate surface area is 170 Å². The Morgan fingerprint density at radius 3 is 2.47 bits per heavy atom. The van der Waals surface area contributed by atoms with Crippen LogP contribution < -0.4 is 0 Å². The molecule has 10 heteroatoms. The van der Waals surface area contributed by atoms with E-state index in [1.54, 1.807) is 6.92 Å². The minimum Gasteiger partial charge on any atom is -0.457 e. The number of hydrogen-bond acceptors (Lipinski definition) is 5. The number of esters is 1. The zero-order chi connectivity index (χ0) is 21.9. The maximum atomic E-state index is 12.6. The van der Waals surface area contributed by atoms with E-state index in [1.807, 2.05) is 24.3 Å². The van der Waals surface area contributed by atoms with Crippen LogP contribution in [0.3, 0.4) is 0 Å². The van der Waals surface area contributed by atoms with E-state index in [2.05, 4.69) is 9.72 Å². The van der Waals surface area contributed by atoms with Crippen LogP contribution in [-0.4, -0.2) is 60.2 Å². The summed E-state index contributed by atoms with van der Waals surface area (Å²) in [6, 6.07) is 7.31. The number of fused-ring (bicyclic) bond motifs is 1. The molecule has 1 amide bonds. The molecule has 2 heterocycles. The van der Waals surface area contributed by atoms with Crippen molar-refractivity contribution in [3.8, 4) is 0 Å². The van der Waals surface area contributed by atoms with Gasteiger partial charge in [-0.15, -0.1) is 0 Å². The average molecular weight is 426 g/mol. The smallest absolute Gasteiger partial charge is 0.422 e. The number of benzene rings is 1. The van der Waals surface area contributed by atoms with Crippen LogP contribution in [0.25, 0.3) is 10.9 Å². The molecule has 1 aliphatic rings. The molecule has 1 N–H and O–H groups in total. The molecule has 2 aromatic rings. The second-order valence-corrected chi connectivity index (χ2v) is 7.13. The number of halogens is 3. The summed E-state index contributed by atoms with van der Waals surface area (Å²) in [6.07, 6.45) is -5.21. The highest BCUT2D eigenvalue weighted by molar-refractivity contribution is 6.10. The van der Waals surface area contributed by atoms with Crippen molar-refractivity contribution in [2.24, 2.45) is 5.92 Å². The lowest BCUT2D eigenvalue weighted by atomic mass is 9.97. The summed E-state index contributed by atoms with van der Waals surface area (Å²) >= 11 is 0. The van der Waals surface area contributed by atoms with E-state index in [4.69, 9.17) is 4.74 Å². The molecular weight excluding hydrogens is 405 g/mol. The van der Waals surface area contributed by atoms with Crippen molar-refractivity contribution in [1.29, 1.82) is 0 Å². The lowest BCUT2D eigenvalue weighted by Gasteiger charge is -2.30. The van der Waals surface area contributed by atoms with Gasteiger partial charge in [0, 0.05) is 35.2 Å². The van der Waals surface area contributed by atoms with Gasteiger partial charge in [-0.1, -0.05) is 18.2 Å². The summed E-state index contributed by atoms with van der Waals surface area (Å²) in [4.78, 5) is 40.7. The highest BCUT2D eigenvalue weighted by Crippen LogP contribution is 2.24. The number of rotatable bonds is 5. The fourth-order valence-corrected chi connectivity index (χ4v) is 3.50. The summed E-state index contributed by atoms with van der Waals surface area (Å²) in [5.74, 6) is -1.43. The van der Waals surface area contributed by atoms with Gasteiger partial charge in [-0.2, -0.15) is 13.2 Å². The molecule has 1 aromatic carbocycles. The van der Waals surface area contributed by atoms with Crippen LogP contribution in [-0.2, 0) is 14.3 Å². The van der Waals surface area contributed by atoms with Crippen molar-refractivity contribution in [1.82, 2.24) is 9.88 Å². The molecule has 0 unspecified atom stereocenters. The van der Waals surface area contributed by atoms with Gasteiger partial charge in [0.05, 0.1) is 5.92 Å². The zero-order valence-corrected chi connectivity index (χ0v) is 16.3. The molecule has 0 radical (unpaired) electrons. The fourth-order valence-electron chi connectivity index (χ4n) is 3.50. The SMILES string of the molecule is Cc1[nH]c2ccccc2c1C(=O)COC(=O)C1CCN(C(=O)OCC(F)(F)F)CC1. The standard InChI is InChI=1S/C20H21F3N2O5/c1-12-17(14-4-2-3-5-15(14)24-12)16(26)10-29-18(27)13-6-8-25(9-7-13)19(28)30-11-20(21,22)23/h2-5,13,24H,6-11H2,1H3. The van der Waals surface area contributed by atoms with E-state index in [0.29, 0.717) is 11.3 Å². The maximum absolute atomic E-state index is 12.6. The Bertz CT molecular complexity index is 946. The third-order valence-corrected chi connectivity index (χ3v) is 4.96. The van der Waals surface area contributed by atoms with Gasteiger partial charge in [0.25, 0.3) is 0 Å². The molecule has 162 valence electrons. The van der Waals surface area contributed by atoms with E-state index in [-0.39, 0.29) is 31.7 Å². The third-order valence-electron chi connectivity index (χ3n) is 4.96. The average Bonchev–Trinajstić information content (AvgIpc) is 3.05. The molecule has 1 aliphatic heterocycles. The minimum atomic E-state index is -4.59. The van der Waals surface area contributed by atoms with Gasteiger partial charge in [-0.05, 0) is 25.8 Å².